The summed E-state index contributed by atoms with van der Waals surface area (Å²) in [5.74, 6) is 0.635. The van der Waals surface area contributed by atoms with Gasteiger partial charge in [-0.05, 0) is 62.4 Å². The van der Waals surface area contributed by atoms with E-state index in [0.29, 0.717) is 16.0 Å². The van der Waals surface area contributed by atoms with Crippen molar-refractivity contribution in [1.82, 2.24) is 14.8 Å². The van der Waals surface area contributed by atoms with Crippen molar-refractivity contribution < 1.29 is 4.79 Å². The molecule has 0 aliphatic heterocycles. The van der Waals surface area contributed by atoms with Gasteiger partial charge in [-0.15, -0.1) is 10.2 Å². The standard InChI is InChI=1S/C30H25ClN4OS/c1-21-11-9-12-23(19-21)28-32-33-30(35(28)27-18-10-13-24(31)20-27)37-22(2)29(36)34(25-14-5-3-6-15-25)26-16-7-4-8-17-26/h3-20,22H,1-2H3/t22-/m0/s1. The average molecular weight is 525 g/mol. The lowest BCUT2D eigenvalue weighted by molar-refractivity contribution is -0.117. The van der Waals surface area contributed by atoms with Gasteiger partial charge in [-0.25, -0.2) is 0 Å². The minimum Gasteiger partial charge on any atom is -0.280 e. The second-order valence-electron chi connectivity index (χ2n) is 8.60. The minimum atomic E-state index is -0.451. The first-order valence-electron chi connectivity index (χ1n) is 11.9. The number of hydrogen-bond acceptors (Lipinski definition) is 4. The number of thioether (sulfide) groups is 1. The number of aryl methyl sites for hydroxylation is 1. The van der Waals surface area contributed by atoms with Crippen LogP contribution in [0.4, 0.5) is 11.4 Å². The van der Waals surface area contributed by atoms with Gasteiger partial charge in [-0.1, -0.05) is 89.6 Å². The first kappa shape index (κ1) is 24.8. The maximum atomic E-state index is 13.9. The molecule has 0 saturated heterocycles. The van der Waals surface area contributed by atoms with Crippen molar-refractivity contribution in [2.24, 2.45) is 0 Å². The molecule has 0 bridgehead atoms. The number of hydrogen-bond donors (Lipinski definition) is 0. The molecular formula is C30H25ClN4OS. The lowest BCUT2D eigenvalue weighted by Crippen LogP contribution is -2.33. The van der Waals surface area contributed by atoms with E-state index in [1.807, 2.05) is 122 Å². The molecule has 37 heavy (non-hydrogen) atoms. The number of carbonyl (C=O) groups excluding carboxylic acids is 1. The summed E-state index contributed by atoms with van der Waals surface area (Å²) in [7, 11) is 0. The molecule has 1 aromatic heterocycles. The summed E-state index contributed by atoms with van der Waals surface area (Å²) in [6.07, 6.45) is 0. The quantitative estimate of drug-likeness (QED) is 0.204. The molecule has 0 unspecified atom stereocenters. The topological polar surface area (TPSA) is 51.0 Å². The molecule has 5 rings (SSSR count). The van der Waals surface area contributed by atoms with Crippen molar-refractivity contribution in [1.29, 1.82) is 0 Å². The molecule has 1 amide bonds. The average Bonchev–Trinajstić information content (AvgIpc) is 3.33. The highest BCUT2D eigenvalue weighted by molar-refractivity contribution is 8.00. The van der Waals surface area contributed by atoms with Crippen LogP contribution < -0.4 is 4.90 Å². The summed E-state index contributed by atoms with van der Waals surface area (Å²) in [6, 6.07) is 35.0. The number of halogens is 1. The number of benzene rings is 4. The van der Waals surface area contributed by atoms with Gasteiger partial charge in [0.15, 0.2) is 11.0 Å². The molecule has 0 radical (unpaired) electrons. The van der Waals surface area contributed by atoms with E-state index < -0.39 is 5.25 Å². The number of amides is 1. The maximum Gasteiger partial charge on any atom is 0.244 e. The molecule has 1 atom stereocenters. The Hall–Kier alpha value is -3.87. The highest BCUT2D eigenvalue weighted by Gasteiger charge is 2.27. The molecule has 4 aromatic carbocycles. The zero-order valence-electron chi connectivity index (χ0n) is 20.5. The molecule has 0 aliphatic carbocycles. The van der Waals surface area contributed by atoms with Crippen LogP contribution in [0, 0.1) is 6.92 Å². The Labute approximate surface area is 225 Å². The van der Waals surface area contributed by atoms with Crippen molar-refractivity contribution in [2.75, 3.05) is 4.90 Å². The van der Waals surface area contributed by atoms with Crippen LogP contribution in [0.5, 0.6) is 0 Å². The van der Waals surface area contributed by atoms with Crippen LogP contribution in [0.3, 0.4) is 0 Å². The number of carbonyl (C=O) groups is 1. The third-order valence-electron chi connectivity index (χ3n) is 5.86. The van der Waals surface area contributed by atoms with Crippen LogP contribution in [-0.4, -0.2) is 25.9 Å². The van der Waals surface area contributed by atoms with E-state index in [9.17, 15) is 4.79 Å². The molecular weight excluding hydrogens is 500 g/mol. The van der Waals surface area contributed by atoms with Gasteiger partial charge in [0.25, 0.3) is 0 Å². The Morgan fingerprint density at radius 1 is 0.838 bits per heavy atom. The monoisotopic (exact) mass is 524 g/mol. The highest BCUT2D eigenvalue weighted by Crippen LogP contribution is 2.34. The number of anilines is 2. The van der Waals surface area contributed by atoms with E-state index in [1.165, 1.54) is 11.8 Å². The van der Waals surface area contributed by atoms with Gasteiger partial charge >= 0.3 is 0 Å². The molecule has 0 saturated carbocycles. The van der Waals surface area contributed by atoms with E-state index >= 15 is 0 Å². The zero-order chi connectivity index (χ0) is 25.8. The van der Waals surface area contributed by atoms with Gasteiger partial charge in [0.2, 0.25) is 5.91 Å². The fraction of sp³-hybridized carbons (Fsp3) is 0.100. The van der Waals surface area contributed by atoms with Crippen LogP contribution in [0.25, 0.3) is 17.1 Å². The Balaban J connectivity index is 1.54. The molecule has 0 aliphatic rings. The van der Waals surface area contributed by atoms with Gasteiger partial charge in [0.05, 0.1) is 10.9 Å². The summed E-state index contributed by atoms with van der Waals surface area (Å²) in [4.78, 5) is 15.6. The second-order valence-corrected chi connectivity index (χ2v) is 10.3. The van der Waals surface area contributed by atoms with Crippen LogP contribution in [0.2, 0.25) is 5.02 Å². The summed E-state index contributed by atoms with van der Waals surface area (Å²) in [5, 5.41) is 9.82. The second kappa shape index (κ2) is 11.0. The lowest BCUT2D eigenvalue weighted by Gasteiger charge is -2.26. The van der Waals surface area contributed by atoms with Gasteiger partial charge < -0.3 is 0 Å². The third kappa shape index (κ3) is 5.45. The normalized spacial score (nSPS) is 11.8. The first-order chi connectivity index (χ1) is 18.0. The van der Waals surface area contributed by atoms with Crippen LogP contribution >= 0.6 is 23.4 Å². The van der Waals surface area contributed by atoms with Crippen molar-refractivity contribution >= 4 is 40.6 Å². The summed E-state index contributed by atoms with van der Waals surface area (Å²) < 4.78 is 1.96. The molecule has 184 valence electrons. The molecule has 0 N–H and O–H groups in total. The third-order valence-corrected chi connectivity index (χ3v) is 7.12. The molecule has 1 heterocycles. The van der Waals surface area contributed by atoms with Gasteiger partial charge in [0, 0.05) is 22.0 Å². The highest BCUT2D eigenvalue weighted by atomic mass is 35.5. The largest absolute Gasteiger partial charge is 0.280 e. The molecule has 7 heteroatoms. The predicted octanol–water partition coefficient (Wildman–Crippen LogP) is 7.74. The zero-order valence-corrected chi connectivity index (χ0v) is 22.0. The van der Waals surface area contributed by atoms with E-state index in [0.717, 1.165) is 28.2 Å². The fourth-order valence-electron chi connectivity index (χ4n) is 4.11. The molecule has 0 spiro atoms. The fourth-order valence-corrected chi connectivity index (χ4v) is 5.21. The number of aromatic nitrogens is 3. The predicted molar refractivity (Wildman–Crippen MR) is 152 cm³/mol. The SMILES string of the molecule is Cc1cccc(-c2nnc(S[C@@H](C)C(=O)N(c3ccccc3)c3ccccc3)n2-c2cccc(Cl)c2)c1. The van der Waals surface area contributed by atoms with Crippen molar-refractivity contribution in [3.05, 3.63) is 120 Å². The van der Waals surface area contributed by atoms with Crippen molar-refractivity contribution in [3.8, 4) is 17.1 Å². The summed E-state index contributed by atoms with van der Waals surface area (Å²) in [5.41, 5.74) is 4.51. The van der Waals surface area contributed by atoms with E-state index in [-0.39, 0.29) is 5.91 Å². The van der Waals surface area contributed by atoms with E-state index in [1.54, 1.807) is 4.90 Å². The Morgan fingerprint density at radius 3 is 2.11 bits per heavy atom. The maximum absolute atomic E-state index is 13.9. The number of para-hydroxylation sites is 2. The number of nitrogens with zero attached hydrogens (tertiary/aromatic N) is 4. The molecule has 0 fully saturated rings. The minimum absolute atomic E-state index is 0.0554. The van der Waals surface area contributed by atoms with E-state index in [4.69, 9.17) is 11.6 Å². The lowest BCUT2D eigenvalue weighted by atomic mass is 10.1. The summed E-state index contributed by atoms with van der Waals surface area (Å²) in [6.45, 7) is 3.94. The smallest absolute Gasteiger partial charge is 0.244 e. The number of rotatable bonds is 7. The first-order valence-corrected chi connectivity index (χ1v) is 13.2. The van der Waals surface area contributed by atoms with Gasteiger partial charge in [0.1, 0.15) is 0 Å². The Bertz CT molecular complexity index is 1480. The molecule has 5 aromatic rings. The van der Waals surface area contributed by atoms with Crippen molar-refractivity contribution in [3.63, 3.8) is 0 Å². The van der Waals surface area contributed by atoms with Crippen LogP contribution in [0.15, 0.2) is 114 Å². The van der Waals surface area contributed by atoms with Crippen LogP contribution in [-0.2, 0) is 4.79 Å². The van der Waals surface area contributed by atoms with Crippen molar-refractivity contribution in [2.45, 2.75) is 24.3 Å². The van der Waals surface area contributed by atoms with Gasteiger partial charge in [-0.3, -0.25) is 14.3 Å². The Morgan fingerprint density at radius 2 is 1.49 bits per heavy atom. The summed E-state index contributed by atoms with van der Waals surface area (Å²) >= 11 is 7.72. The van der Waals surface area contributed by atoms with Gasteiger partial charge in [-0.2, -0.15) is 0 Å². The Kier molecular flexibility index (Phi) is 7.40. The van der Waals surface area contributed by atoms with Crippen LogP contribution in [0.1, 0.15) is 12.5 Å². The van der Waals surface area contributed by atoms with E-state index in [2.05, 4.69) is 16.3 Å². The molecule has 5 nitrogen and oxygen atoms in total.